The van der Waals surface area contributed by atoms with Gasteiger partial charge in [0.05, 0.1) is 11.1 Å². The van der Waals surface area contributed by atoms with Crippen molar-refractivity contribution in [2.45, 2.75) is 51.2 Å². The molecule has 5 nitrogen and oxygen atoms in total. The third-order valence-electron chi connectivity index (χ3n) is 6.26. The van der Waals surface area contributed by atoms with Gasteiger partial charge < -0.3 is 10.1 Å². The fourth-order valence-corrected chi connectivity index (χ4v) is 4.55. The summed E-state index contributed by atoms with van der Waals surface area (Å²) in [5, 5.41) is 8.04. The van der Waals surface area contributed by atoms with E-state index < -0.39 is 5.60 Å². The average molecular weight is 440 g/mol. The minimum absolute atomic E-state index is 0.359. The summed E-state index contributed by atoms with van der Waals surface area (Å²) < 4.78 is 7.45. The van der Waals surface area contributed by atoms with E-state index in [1.165, 1.54) is 0 Å². The molecule has 0 saturated heterocycles. The Labute approximate surface area is 194 Å². The van der Waals surface area contributed by atoms with Crippen LogP contribution in [-0.4, -0.2) is 21.3 Å². The number of nitrogens with one attached hydrogen (secondary N) is 1. The van der Waals surface area contributed by atoms with Crippen LogP contribution in [0.2, 0.25) is 0 Å². The summed E-state index contributed by atoms with van der Waals surface area (Å²) in [4.78, 5) is 12.5. The lowest BCUT2D eigenvalue weighted by Crippen LogP contribution is -2.52. The number of alkyl carbamates (subject to hydrolysis) is 1. The van der Waals surface area contributed by atoms with Crippen LogP contribution in [0.1, 0.15) is 45.6 Å². The van der Waals surface area contributed by atoms with Gasteiger partial charge in [0.1, 0.15) is 11.3 Å². The number of nitrogens with zero attached hydrogens (tertiary/aromatic N) is 2. The lowest BCUT2D eigenvalue weighted by atomic mass is 9.71. The van der Waals surface area contributed by atoms with Crippen molar-refractivity contribution < 1.29 is 9.53 Å². The van der Waals surface area contributed by atoms with Crippen LogP contribution >= 0.6 is 0 Å². The Balaban J connectivity index is 1.50. The Kier molecular flexibility index (Phi) is 5.20. The number of fused-ring (bicyclic) bond motifs is 1. The van der Waals surface area contributed by atoms with Crippen molar-refractivity contribution in [1.82, 2.24) is 14.9 Å². The number of ether oxygens (including phenoxy) is 1. The molecule has 0 aliphatic heterocycles. The van der Waals surface area contributed by atoms with Gasteiger partial charge in [-0.2, -0.15) is 5.10 Å². The molecular weight excluding hydrogens is 410 g/mol. The van der Waals surface area contributed by atoms with E-state index in [4.69, 9.17) is 9.84 Å². The molecular formula is C28H29N3O2. The fourth-order valence-electron chi connectivity index (χ4n) is 4.55. The van der Waals surface area contributed by atoms with Crippen LogP contribution in [0.25, 0.3) is 27.9 Å². The molecule has 168 valence electrons. The minimum atomic E-state index is -0.518. The van der Waals surface area contributed by atoms with E-state index in [2.05, 4.69) is 59.9 Å². The highest BCUT2D eigenvalue weighted by atomic mass is 16.6. The summed E-state index contributed by atoms with van der Waals surface area (Å²) in [5.41, 5.74) is 5.56. The van der Waals surface area contributed by atoms with Crippen LogP contribution in [0, 0.1) is 0 Å². The zero-order valence-corrected chi connectivity index (χ0v) is 19.3. The van der Waals surface area contributed by atoms with E-state index in [9.17, 15) is 4.79 Å². The number of aromatic nitrogens is 2. The Hall–Kier alpha value is -3.60. The second-order valence-electron chi connectivity index (χ2n) is 9.76. The van der Waals surface area contributed by atoms with E-state index in [1.54, 1.807) is 0 Å². The fraction of sp³-hybridized carbons (Fsp3) is 0.286. The zero-order chi connectivity index (χ0) is 23.1. The Morgan fingerprint density at radius 1 is 0.939 bits per heavy atom. The first-order valence-corrected chi connectivity index (χ1v) is 11.5. The van der Waals surface area contributed by atoms with Gasteiger partial charge in [-0.25, -0.2) is 9.31 Å². The van der Waals surface area contributed by atoms with E-state index in [-0.39, 0.29) is 11.6 Å². The molecule has 0 spiro atoms. The second-order valence-corrected chi connectivity index (χ2v) is 9.76. The zero-order valence-electron chi connectivity index (χ0n) is 19.3. The Morgan fingerprint density at radius 3 is 2.27 bits per heavy atom. The van der Waals surface area contributed by atoms with Crippen LogP contribution in [0.4, 0.5) is 4.79 Å². The van der Waals surface area contributed by atoms with Gasteiger partial charge in [-0.05, 0) is 63.3 Å². The summed E-state index contributed by atoms with van der Waals surface area (Å²) in [7, 11) is 0. The molecule has 4 aromatic rings. The highest BCUT2D eigenvalue weighted by Crippen LogP contribution is 2.42. The molecule has 2 aromatic carbocycles. The number of pyridine rings is 1. The van der Waals surface area contributed by atoms with Gasteiger partial charge in [0.2, 0.25) is 0 Å². The molecule has 1 aliphatic rings. The van der Waals surface area contributed by atoms with Crippen molar-refractivity contribution in [1.29, 1.82) is 0 Å². The van der Waals surface area contributed by atoms with Crippen molar-refractivity contribution in [2.75, 3.05) is 0 Å². The van der Waals surface area contributed by atoms with Crippen molar-refractivity contribution >= 4 is 11.6 Å². The van der Waals surface area contributed by atoms with Gasteiger partial charge in [0.25, 0.3) is 0 Å². The lowest BCUT2D eigenvalue weighted by Gasteiger charge is -2.43. The summed E-state index contributed by atoms with van der Waals surface area (Å²) in [6, 6.07) is 25.0. The molecule has 0 radical (unpaired) electrons. The van der Waals surface area contributed by atoms with Crippen molar-refractivity contribution in [3.63, 3.8) is 0 Å². The largest absolute Gasteiger partial charge is 0.444 e. The van der Waals surface area contributed by atoms with Gasteiger partial charge in [0, 0.05) is 17.3 Å². The quantitative estimate of drug-likeness (QED) is 0.391. The van der Waals surface area contributed by atoms with Crippen LogP contribution < -0.4 is 5.32 Å². The number of benzene rings is 2. The van der Waals surface area contributed by atoms with Crippen molar-refractivity contribution in [2.24, 2.45) is 0 Å². The topological polar surface area (TPSA) is 55.6 Å². The van der Waals surface area contributed by atoms with E-state index in [1.807, 2.05) is 49.7 Å². The van der Waals surface area contributed by atoms with E-state index >= 15 is 0 Å². The van der Waals surface area contributed by atoms with Gasteiger partial charge >= 0.3 is 6.09 Å². The maximum atomic E-state index is 12.5. The SMILES string of the molecule is CC(C)(C)OC(=O)NC1(c2ccc(-c3nn4ccccc4c3-c3ccccc3)cc2)CCC1. The molecule has 2 aromatic heterocycles. The van der Waals surface area contributed by atoms with Gasteiger partial charge in [0.15, 0.2) is 0 Å². The maximum Gasteiger partial charge on any atom is 0.408 e. The molecule has 2 heterocycles. The summed E-state index contributed by atoms with van der Waals surface area (Å²) in [6.07, 6.45) is 4.53. The number of hydrogen-bond acceptors (Lipinski definition) is 3. The lowest BCUT2D eigenvalue weighted by molar-refractivity contribution is 0.0377. The molecule has 33 heavy (non-hydrogen) atoms. The van der Waals surface area contributed by atoms with Gasteiger partial charge in [-0.3, -0.25) is 0 Å². The number of carbonyl (C=O) groups excluding carboxylic acids is 1. The Bertz CT molecular complexity index is 1280. The van der Waals surface area contributed by atoms with E-state index in [0.717, 1.165) is 52.7 Å². The molecule has 5 heteroatoms. The first-order valence-electron chi connectivity index (χ1n) is 11.5. The summed E-state index contributed by atoms with van der Waals surface area (Å²) in [5.74, 6) is 0. The molecule has 1 amide bonds. The first kappa shape index (κ1) is 21.3. The predicted molar refractivity (Wildman–Crippen MR) is 131 cm³/mol. The van der Waals surface area contributed by atoms with Gasteiger partial charge in [-0.15, -0.1) is 0 Å². The van der Waals surface area contributed by atoms with Crippen LogP contribution in [-0.2, 0) is 10.3 Å². The molecule has 5 rings (SSSR count). The monoisotopic (exact) mass is 439 g/mol. The summed E-state index contributed by atoms with van der Waals surface area (Å²) >= 11 is 0. The number of carbonyl (C=O) groups is 1. The molecule has 1 saturated carbocycles. The normalized spacial score (nSPS) is 15.1. The average Bonchev–Trinajstić information content (AvgIpc) is 3.15. The Morgan fingerprint density at radius 2 is 1.64 bits per heavy atom. The van der Waals surface area contributed by atoms with Gasteiger partial charge in [-0.1, -0.05) is 60.7 Å². The van der Waals surface area contributed by atoms with Crippen molar-refractivity contribution in [3.05, 3.63) is 84.6 Å². The predicted octanol–water partition coefficient (Wildman–Crippen LogP) is 6.57. The molecule has 1 aliphatic carbocycles. The standard InChI is InChI=1S/C28H29N3O2/c1-27(2,3)33-26(32)29-28(17-9-18-28)22-15-13-21(14-16-22)25-24(20-10-5-4-6-11-20)23-12-7-8-19-31(23)30-25/h4-8,10-16,19H,9,17-18H2,1-3H3,(H,29,32). The van der Waals surface area contributed by atoms with E-state index in [0.29, 0.717) is 0 Å². The third kappa shape index (κ3) is 4.11. The number of amides is 1. The summed E-state index contributed by atoms with van der Waals surface area (Å²) in [6.45, 7) is 5.65. The molecule has 0 bridgehead atoms. The van der Waals surface area contributed by atoms with Crippen LogP contribution in [0.15, 0.2) is 79.0 Å². The molecule has 0 unspecified atom stereocenters. The van der Waals surface area contributed by atoms with Crippen molar-refractivity contribution in [3.8, 4) is 22.4 Å². The van der Waals surface area contributed by atoms with Crippen LogP contribution in [0.3, 0.4) is 0 Å². The molecule has 1 N–H and O–H groups in total. The highest BCUT2D eigenvalue weighted by molar-refractivity contribution is 5.92. The smallest absolute Gasteiger partial charge is 0.408 e. The third-order valence-corrected chi connectivity index (χ3v) is 6.26. The van der Waals surface area contributed by atoms with Crippen LogP contribution in [0.5, 0.6) is 0 Å². The minimum Gasteiger partial charge on any atom is -0.444 e. The number of rotatable bonds is 4. The highest BCUT2D eigenvalue weighted by Gasteiger charge is 2.41. The first-order chi connectivity index (χ1) is 15.8. The molecule has 0 atom stereocenters. The number of hydrogen-bond donors (Lipinski definition) is 1. The maximum absolute atomic E-state index is 12.5. The molecule has 1 fully saturated rings. The second kappa shape index (κ2) is 8.07.